The fourth-order valence-corrected chi connectivity index (χ4v) is 11.7. The average molecular weight is 805 g/mol. The highest BCUT2D eigenvalue weighted by atomic mass is 15.2. The maximum absolute atomic E-state index is 2.74. The van der Waals surface area contributed by atoms with Crippen molar-refractivity contribution in [2.24, 2.45) is 0 Å². The van der Waals surface area contributed by atoms with E-state index >= 15 is 0 Å². The van der Waals surface area contributed by atoms with Gasteiger partial charge < -0.3 is 9.80 Å². The molecule has 0 fully saturated rings. The summed E-state index contributed by atoms with van der Waals surface area (Å²) < 4.78 is 0. The zero-order chi connectivity index (χ0) is 43.4. The lowest BCUT2D eigenvalue weighted by Gasteiger charge is -2.49. The lowest BCUT2D eigenvalue weighted by Crippen LogP contribution is -2.63. The lowest BCUT2D eigenvalue weighted by molar-refractivity contribution is 0.583. The zero-order valence-corrected chi connectivity index (χ0v) is 38.8. The van der Waals surface area contributed by atoms with Crippen molar-refractivity contribution < 1.29 is 0 Å². The van der Waals surface area contributed by atoms with Crippen LogP contribution >= 0.6 is 0 Å². The second-order valence-corrected chi connectivity index (χ2v) is 22.6. The number of para-hydroxylation sites is 1. The highest BCUT2D eigenvalue weighted by Crippen LogP contribution is 2.53. The Labute approximate surface area is 371 Å². The minimum Gasteiger partial charge on any atom is -0.311 e. The van der Waals surface area contributed by atoms with E-state index in [1.54, 1.807) is 0 Å². The van der Waals surface area contributed by atoms with Gasteiger partial charge in [0.1, 0.15) is 0 Å². The molecule has 0 aliphatic carbocycles. The molecule has 4 aliphatic heterocycles. The normalized spacial score (nSPS) is 14.6. The summed E-state index contributed by atoms with van der Waals surface area (Å²) in [5.74, 6) is 0. The van der Waals surface area contributed by atoms with Crippen molar-refractivity contribution >= 4 is 80.3 Å². The molecule has 11 rings (SSSR count). The molecule has 0 spiro atoms. The largest absolute Gasteiger partial charge is 0.311 e. The molecule has 0 amide bonds. The number of nitrogens with zero attached hydrogens (tertiary/aromatic N) is 2. The van der Waals surface area contributed by atoms with Crippen LogP contribution in [0.5, 0.6) is 0 Å². The molecular formula is C58H58B2N2. The van der Waals surface area contributed by atoms with Gasteiger partial charge in [-0.1, -0.05) is 191 Å². The number of fused-ring (bicyclic) bond motifs is 10. The molecule has 0 saturated carbocycles. The predicted molar refractivity (Wildman–Crippen MR) is 271 cm³/mol. The molecule has 0 atom stereocenters. The molecule has 2 nitrogen and oxygen atoms in total. The molecule has 7 aromatic carbocycles. The maximum Gasteiger partial charge on any atom is 0.248 e. The highest BCUT2D eigenvalue weighted by Gasteiger charge is 2.53. The van der Waals surface area contributed by atoms with E-state index in [0.29, 0.717) is 0 Å². The van der Waals surface area contributed by atoms with Gasteiger partial charge in [-0.2, -0.15) is 0 Å². The summed E-state index contributed by atoms with van der Waals surface area (Å²) in [6.45, 7) is 29.1. The van der Waals surface area contributed by atoms with Gasteiger partial charge in [0.2, 0.25) is 13.4 Å². The third kappa shape index (κ3) is 5.44. The van der Waals surface area contributed by atoms with Crippen molar-refractivity contribution in [2.75, 3.05) is 9.80 Å². The Morgan fingerprint density at radius 2 is 0.790 bits per heavy atom. The first kappa shape index (κ1) is 39.1. The Morgan fingerprint density at radius 1 is 0.339 bits per heavy atom. The molecule has 0 N–H and O–H groups in total. The maximum atomic E-state index is 2.74. The Bertz CT molecular complexity index is 3000. The van der Waals surface area contributed by atoms with E-state index < -0.39 is 0 Å². The Kier molecular flexibility index (Phi) is 8.15. The summed E-state index contributed by atoms with van der Waals surface area (Å²) in [6, 6.07) is 51.6. The molecule has 0 unspecified atom stereocenters. The van der Waals surface area contributed by atoms with Gasteiger partial charge in [-0.3, -0.25) is 0 Å². The topological polar surface area (TPSA) is 6.48 Å². The van der Waals surface area contributed by atoms with Crippen LogP contribution in [-0.2, 0) is 21.7 Å². The second kappa shape index (κ2) is 12.9. The second-order valence-electron chi connectivity index (χ2n) is 22.6. The molecule has 0 aromatic heterocycles. The number of anilines is 6. The number of hydrogen-bond donors (Lipinski definition) is 0. The van der Waals surface area contributed by atoms with Crippen LogP contribution in [0.1, 0.15) is 105 Å². The van der Waals surface area contributed by atoms with Crippen molar-refractivity contribution in [3.63, 3.8) is 0 Å². The lowest BCUT2D eigenvalue weighted by atomic mass is 9.31. The van der Waals surface area contributed by atoms with Crippen molar-refractivity contribution in [1.29, 1.82) is 0 Å². The quantitative estimate of drug-likeness (QED) is 0.161. The third-order valence-corrected chi connectivity index (χ3v) is 14.3. The van der Waals surface area contributed by atoms with E-state index in [1.165, 1.54) is 111 Å². The van der Waals surface area contributed by atoms with E-state index in [9.17, 15) is 0 Å². The fraction of sp³-hybridized carbons (Fsp3) is 0.276. The van der Waals surface area contributed by atoms with Gasteiger partial charge in [0.05, 0.1) is 0 Å². The fourth-order valence-electron chi connectivity index (χ4n) is 11.7. The van der Waals surface area contributed by atoms with Gasteiger partial charge >= 0.3 is 0 Å². The smallest absolute Gasteiger partial charge is 0.248 e. The molecular weight excluding hydrogens is 746 g/mol. The first-order chi connectivity index (χ1) is 29.4. The Morgan fingerprint density at radius 3 is 1.32 bits per heavy atom. The van der Waals surface area contributed by atoms with E-state index in [0.717, 1.165) is 0 Å². The van der Waals surface area contributed by atoms with Gasteiger partial charge in [-0.15, -0.1) is 0 Å². The van der Waals surface area contributed by atoms with Gasteiger partial charge in [-0.05, 0) is 124 Å². The Balaban J connectivity index is 1.40. The van der Waals surface area contributed by atoms with Crippen molar-refractivity contribution in [3.8, 4) is 22.3 Å². The number of benzene rings is 7. The van der Waals surface area contributed by atoms with E-state index in [4.69, 9.17) is 0 Å². The zero-order valence-electron chi connectivity index (χ0n) is 38.8. The minimum atomic E-state index is -0.249. The third-order valence-electron chi connectivity index (χ3n) is 14.3. The first-order valence-corrected chi connectivity index (χ1v) is 22.9. The van der Waals surface area contributed by atoms with E-state index in [-0.39, 0.29) is 35.1 Å². The molecule has 0 bridgehead atoms. The predicted octanol–water partition coefficient (Wildman–Crippen LogP) is 11.4. The molecule has 0 radical (unpaired) electrons. The van der Waals surface area contributed by atoms with Crippen LogP contribution in [-0.4, -0.2) is 13.4 Å². The molecule has 0 saturated heterocycles. The van der Waals surface area contributed by atoms with Crippen molar-refractivity contribution in [3.05, 3.63) is 156 Å². The summed E-state index contributed by atoms with van der Waals surface area (Å²) in [4.78, 5) is 5.42. The van der Waals surface area contributed by atoms with Gasteiger partial charge in [0.25, 0.3) is 0 Å². The van der Waals surface area contributed by atoms with Crippen LogP contribution in [0.4, 0.5) is 34.1 Å². The molecule has 306 valence electrons. The minimum absolute atomic E-state index is 0.0371. The van der Waals surface area contributed by atoms with E-state index in [2.05, 4.69) is 226 Å². The summed E-state index contributed by atoms with van der Waals surface area (Å²) in [7, 11) is 0. The summed E-state index contributed by atoms with van der Waals surface area (Å²) >= 11 is 0. The molecule has 4 heteroatoms. The first-order valence-electron chi connectivity index (χ1n) is 22.9. The SMILES string of the molecule is CC(C)(C)c1ccc(N2c3cc(C(C)(C)C)cc4c3B(c3ccccc3-4)c3c2c(C(C)(C)C)c2c(c3C(C)(C)C)N(c3ccccc3)c3cccc4c3B2c2ccccc2-4)cc1. The number of hydrogen-bond acceptors (Lipinski definition) is 2. The standard InChI is InChI=1S/C58H58B2N2/c1-55(2,3)35-29-31-38(32-30-35)62-46-34-36(56(4,5)6)33-42-40-24-17-19-27-44(40)60(50(42)46)52-47(57(7,8)9)53-51(48(54(52)62)58(10,11)12)59-43-26-18-16-23-39(43)41-25-20-28-45(49(41)59)61(53)37-21-14-13-15-22-37/h13-34H,1-12H3. The van der Waals surface area contributed by atoms with Gasteiger partial charge in [-0.25, -0.2) is 0 Å². The van der Waals surface area contributed by atoms with Crippen LogP contribution < -0.4 is 42.6 Å². The van der Waals surface area contributed by atoms with Gasteiger partial charge in [0, 0.05) is 34.1 Å². The van der Waals surface area contributed by atoms with Crippen LogP contribution in [0.2, 0.25) is 0 Å². The summed E-state index contributed by atoms with van der Waals surface area (Å²) in [5, 5.41) is 0. The molecule has 4 aliphatic rings. The highest BCUT2D eigenvalue weighted by molar-refractivity contribution is 7.04. The van der Waals surface area contributed by atoms with Crippen LogP contribution in [0, 0.1) is 0 Å². The van der Waals surface area contributed by atoms with Crippen LogP contribution in [0.25, 0.3) is 22.3 Å². The monoisotopic (exact) mass is 804 g/mol. The average Bonchev–Trinajstić information content (AvgIpc) is 3.74. The van der Waals surface area contributed by atoms with Crippen molar-refractivity contribution in [1.82, 2.24) is 0 Å². The van der Waals surface area contributed by atoms with Crippen LogP contribution in [0.15, 0.2) is 133 Å². The molecule has 7 aromatic rings. The van der Waals surface area contributed by atoms with Gasteiger partial charge in [0.15, 0.2) is 0 Å². The van der Waals surface area contributed by atoms with Crippen molar-refractivity contribution in [2.45, 2.75) is 105 Å². The molecule has 62 heavy (non-hydrogen) atoms. The Hall–Kier alpha value is -5.73. The molecule has 4 heterocycles. The number of rotatable bonds is 2. The summed E-state index contributed by atoms with van der Waals surface area (Å²) in [5.41, 5.74) is 26.9. The van der Waals surface area contributed by atoms with Crippen LogP contribution in [0.3, 0.4) is 0 Å². The summed E-state index contributed by atoms with van der Waals surface area (Å²) in [6.07, 6.45) is 0. The van der Waals surface area contributed by atoms with E-state index in [1.807, 2.05) is 0 Å².